The van der Waals surface area contributed by atoms with E-state index in [1.807, 2.05) is 6.92 Å². The van der Waals surface area contributed by atoms with Crippen molar-refractivity contribution in [1.29, 1.82) is 0 Å². The normalized spacial score (nSPS) is 21.6. The summed E-state index contributed by atoms with van der Waals surface area (Å²) in [4.78, 5) is 11.6. The number of carbonyl (C=O) groups is 1. The van der Waals surface area contributed by atoms with Crippen molar-refractivity contribution in [2.75, 3.05) is 19.0 Å². The number of hydrogen-bond donors (Lipinski definition) is 1. The van der Waals surface area contributed by atoms with Crippen LogP contribution in [0.3, 0.4) is 0 Å². The van der Waals surface area contributed by atoms with Gasteiger partial charge in [0.2, 0.25) is 0 Å². The summed E-state index contributed by atoms with van der Waals surface area (Å²) in [5.41, 5.74) is 0.829. The largest absolute Gasteiger partial charge is 0.465 e. The van der Waals surface area contributed by atoms with Gasteiger partial charge in [0.1, 0.15) is 5.82 Å². The van der Waals surface area contributed by atoms with E-state index in [-0.39, 0.29) is 18.0 Å². The lowest BCUT2D eigenvalue weighted by molar-refractivity contribution is 0.00298. The van der Waals surface area contributed by atoms with Gasteiger partial charge in [-0.05, 0) is 38.0 Å². The Kier molecular flexibility index (Phi) is 4.37. The van der Waals surface area contributed by atoms with Gasteiger partial charge in [-0.2, -0.15) is 0 Å². The lowest BCUT2D eigenvalue weighted by Gasteiger charge is -2.36. The number of rotatable bonds is 5. The minimum atomic E-state index is -0.469. The fraction of sp³-hybridized carbons (Fsp3) is 0.500. The van der Waals surface area contributed by atoms with E-state index in [1.165, 1.54) is 25.3 Å². The summed E-state index contributed by atoms with van der Waals surface area (Å²) in [7, 11) is 1.31. The van der Waals surface area contributed by atoms with Crippen LogP contribution in [0.2, 0.25) is 0 Å². The second kappa shape index (κ2) is 6.02. The highest BCUT2D eigenvalue weighted by Gasteiger charge is 2.30. The summed E-state index contributed by atoms with van der Waals surface area (Å²) in [6.07, 6.45) is 1.99. The lowest BCUT2D eigenvalue weighted by atomic mass is 9.89. The van der Waals surface area contributed by atoms with Crippen LogP contribution in [0.1, 0.15) is 30.1 Å². The summed E-state index contributed by atoms with van der Waals surface area (Å²) in [6, 6.07) is 4.21. The zero-order valence-corrected chi connectivity index (χ0v) is 11.1. The number of esters is 1. The van der Waals surface area contributed by atoms with E-state index in [1.54, 1.807) is 0 Å². The minimum absolute atomic E-state index is 0.210. The van der Waals surface area contributed by atoms with Crippen LogP contribution < -0.4 is 5.32 Å². The Hall–Kier alpha value is -1.62. The quantitative estimate of drug-likeness (QED) is 0.833. The topological polar surface area (TPSA) is 47.6 Å². The van der Waals surface area contributed by atoms with Crippen LogP contribution >= 0.6 is 0 Å². The van der Waals surface area contributed by atoms with Crippen molar-refractivity contribution in [3.63, 3.8) is 0 Å². The first-order valence-electron chi connectivity index (χ1n) is 6.40. The van der Waals surface area contributed by atoms with Crippen molar-refractivity contribution < 1.29 is 18.7 Å². The summed E-state index contributed by atoms with van der Waals surface area (Å²) in [6.45, 7) is 2.66. The van der Waals surface area contributed by atoms with Gasteiger partial charge in [-0.1, -0.05) is 0 Å². The molecule has 0 radical (unpaired) electrons. The molecule has 19 heavy (non-hydrogen) atoms. The SMILES string of the molecule is CCOC1CC(Nc2cc(F)ccc2C(=O)OC)C1. The molecule has 0 bridgehead atoms. The molecule has 1 aromatic rings. The molecule has 1 aliphatic rings. The van der Waals surface area contributed by atoms with E-state index in [0.29, 0.717) is 17.9 Å². The molecule has 2 rings (SSSR count). The van der Waals surface area contributed by atoms with Crippen molar-refractivity contribution >= 4 is 11.7 Å². The monoisotopic (exact) mass is 267 g/mol. The Labute approximate surface area is 111 Å². The third-order valence-corrected chi connectivity index (χ3v) is 3.24. The molecule has 0 spiro atoms. The van der Waals surface area contributed by atoms with Gasteiger partial charge in [-0.15, -0.1) is 0 Å². The fourth-order valence-electron chi connectivity index (χ4n) is 2.20. The Balaban J connectivity index is 2.03. The van der Waals surface area contributed by atoms with Crippen LogP contribution in [0.5, 0.6) is 0 Å². The first kappa shape index (κ1) is 13.8. The van der Waals surface area contributed by atoms with E-state index in [2.05, 4.69) is 10.1 Å². The van der Waals surface area contributed by atoms with Crippen molar-refractivity contribution in [2.45, 2.75) is 31.9 Å². The molecular formula is C14H18FNO3. The van der Waals surface area contributed by atoms with Crippen LogP contribution in [0.4, 0.5) is 10.1 Å². The van der Waals surface area contributed by atoms with E-state index in [9.17, 15) is 9.18 Å². The van der Waals surface area contributed by atoms with Crippen molar-refractivity contribution in [3.05, 3.63) is 29.6 Å². The molecule has 1 fully saturated rings. The smallest absolute Gasteiger partial charge is 0.339 e. The molecule has 1 saturated carbocycles. The third-order valence-electron chi connectivity index (χ3n) is 3.24. The molecule has 0 aliphatic heterocycles. The van der Waals surface area contributed by atoms with Crippen LogP contribution in [-0.4, -0.2) is 31.8 Å². The second-order valence-corrected chi connectivity index (χ2v) is 4.57. The van der Waals surface area contributed by atoms with Gasteiger partial charge in [0.15, 0.2) is 0 Å². The number of anilines is 1. The van der Waals surface area contributed by atoms with Gasteiger partial charge in [-0.3, -0.25) is 0 Å². The zero-order chi connectivity index (χ0) is 13.8. The maximum Gasteiger partial charge on any atom is 0.339 e. The molecule has 104 valence electrons. The fourth-order valence-corrected chi connectivity index (χ4v) is 2.20. The van der Waals surface area contributed by atoms with E-state index in [0.717, 1.165) is 12.8 Å². The highest BCUT2D eigenvalue weighted by molar-refractivity contribution is 5.95. The summed E-state index contributed by atoms with van der Waals surface area (Å²) in [5, 5.41) is 3.17. The number of nitrogens with one attached hydrogen (secondary N) is 1. The van der Waals surface area contributed by atoms with Gasteiger partial charge in [-0.25, -0.2) is 9.18 Å². The molecule has 1 aliphatic carbocycles. The molecule has 5 heteroatoms. The van der Waals surface area contributed by atoms with Gasteiger partial charge < -0.3 is 14.8 Å². The number of methoxy groups -OCH3 is 1. The van der Waals surface area contributed by atoms with Crippen molar-refractivity contribution in [2.24, 2.45) is 0 Å². The Bertz CT molecular complexity index is 458. The van der Waals surface area contributed by atoms with Gasteiger partial charge in [0.05, 0.1) is 24.5 Å². The highest BCUT2D eigenvalue weighted by Crippen LogP contribution is 2.28. The molecule has 4 nitrogen and oxygen atoms in total. The molecule has 0 unspecified atom stereocenters. The van der Waals surface area contributed by atoms with Crippen molar-refractivity contribution in [1.82, 2.24) is 0 Å². The summed E-state index contributed by atoms with van der Waals surface area (Å²) < 4.78 is 23.4. The molecule has 0 aromatic heterocycles. The third kappa shape index (κ3) is 3.23. The molecule has 1 aromatic carbocycles. The second-order valence-electron chi connectivity index (χ2n) is 4.57. The van der Waals surface area contributed by atoms with Crippen LogP contribution in [0.15, 0.2) is 18.2 Å². The first-order chi connectivity index (χ1) is 9.13. The molecule has 0 atom stereocenters. The van der Waals surface area contributed by atoms with Crippen LogP contribution in [-0.2, 0) is 9.47 Å². The number of halogens is 1. The van der Waals surface area contributed by atoms with Crippen LogP contribution in [0.25, 0.3) is 0 Å². The highest BCUT2D eigenvalue weighted by atomic mass is 19.1. The number of benzene rings is 1. The average Bonchev–Trinajstić information content (AvgIpc) is 2.35. The molecular weight excluding hydrogens is 249 g/mol. The van der Waals surface area contributed by atoms with Crippen LogP contribution in [0, 0.1) is 5.82 Å². The standard InChI is InChI=1S/C14H18FNO3/c1-3-19-11-7-10(8-11)16-13-6-9(15)4-5-12(13)14(17)18-2/h4-6,10-11,16H,3,7-8H2,1-2H3. The van der Waals surface area contributed by atoms with E-state index >= 15 is 0 Å². The Morgan fingerprint density at radius 1 is 1.47 bits per heavy atom. The number of hydrogen-bond acceptors (Lipinski definition) is 4. The average molecular weight is 267 g/mol. The van der Waals surface area contributed by atoms with E-state index < -0.39 is 5.97 Å². The Morgan fingerprint density at radius 3 is 2.84 bits per heavy atom. The molecule has 0 saturated heterocycles. The predicted molar refractivity (Wildman–Crippen MR) is 69.8 cm³/mol. The Morgan fingerprint density at radius 2 is 2.21 bits per heavy atom. The van der Waals surface area contributed by atoms with Gasteiger partial charge >= 0.3 is 5.97 Å². The van der Waals surface area contributed by atoms with Gasteiger partial charge in [0.25, 0.3) is 0 Å². The molecule has 1 N–H and O–H groups in total. The number of ether oxygens (including phenoxy) is 2. The lowest BCUT2D eigenvalue weighted by Crippen LogP contribution is -2.41. The predicted octanol–water partition coefficient (Wildman–Crippen LogP) is 2.59. The minimum Gasteiger partial charge on any atom is -0.465 e. The maximum absolute atomic E-state index is 13.3. The maximum atomic E-state index is 13.3. The summed E-state index contributed by atoms with van der Waals surface area (Å²) >= 11 is 0. The van der Waals surface area contributed by atoms with Crippen molar-refractivity contribution in [3.8, 4) is 0 Å². The van der Waals surface area contributed by atoms with E-state index in [4.69, 9.17) is 4.74 Å². The molecule has 0 heterocycles. The zero-order valence-electron chi connectivity index (χ0n) is 11.1. The van der Waals surface area contributed by atoms with Gasteiger partial charge in [0, 0.05) is 12.6 Å². The number of carbonyl (C=O) groups excluding carboxylic acids is 1. The first-order valence-corrected chi connectivity index (χ1v) is 6.40. The molecule has 0 amide bonds. The summed E-state index contributed by atoms with van der Waals surface area (Å²) in [5.74, 6) is -0.848.